The number of benzene rings is 1. The van der Waals surface area contributed by atoms with Crippen LogP contribution in [-0.4, -0.2) is 30.8 Å². The van der Waals surface area contributed by atoms with E-state index in [0.29, 0.717) is 6.42 Å². The van der Waals surface area contributed by atoms with Crippen LogP contribution in [0.1, 0.15) is 56.1 Å². The fraction of sp³-hybridized carbons (Fsp3) is 0.632. The summed E-state index contributed by atoms with van der Waals surface area (Å²) in [5, 5.41) is 17.0. The molecule has 2 aliphatic rings. The second-order valence-electron chi connectivity index (χ2n) is 7.07. The van der Waals surface area contributed by atoms with Crippen LogP contribution in [0.4, 0.5) is 4.79 Å². The molecule has 0 bridgehead atoms. The van der Waals surface area contributed by atoms with Crippen LogP contribution in [0.15, 0.2) is 18.2 Å². The third-order valence-electron chi connectivity index (χ3n) is 5.33. The van der Waals surface area contributed by atoms with Crippen molar-refractivity contribution in [3.63, 3.8) is 0 Å². The van der Waals surface area contributed by atoms with Gasteiger partial charge >= 0.3 is 6.03 Å². The van der Waals surface area contributed by atoms with Crippen LogP contribution in [0.25, 0.3) is 0 Å². The van der Waals surface area contributed by atoms with Crippen molar-refractivity contribution in [2.24, 2.45) is 0 Å². The maximum absolute atomic E-state index is 12.2. The molecule has 1 aromatic rings. The van der Waals surface area contributed by atoms with Crippen molar-refractivity contribution in [1.29, 1.82) is 0 Å². The fourth-order valence-electron chi connectivity index (χ4n) is 3.96. The molecule has 3 N–H and O–H groups in total. The monoisotopic (exact) mass is 332 g/mol. The highest BCUT2D eigenvalue weighted by atomic mass is 16.5. The maximum Gasteiger partial charge on any atom is 0.315 e. The van der Waals surface area contributed by atoms with E-state index < -0.39 is 5.60 Å². The molecular formula is C19H28N2O3. The van der Waals surface area contributed by atoms with Crippen molar-refractivity contribution in [2.75, 3.05) is 13.7 Å². The number of carbonyl (C=O) groups is 1. The van der Waals surface area contributed by atoms with Crippen molar-refractivity contribution in [3.8, 4) is 5.75 Å². The third-order valence-corrected chi connectivity index (χ3v) is 5.33. The van der Waals surface area contributed by atoms with Gasteiger partial charge in [0.2, 0.25) is 0 Å². The molecule has 3 rings (SSSR count). The number of aryl methyl sites for hydroxylation is 1. The molecule has 2 aliphatic carbocycles. The van der Waals surface area contributed by atoms with Crippen molar-refractivity contribution < 1.29 is 14.6 Å². The van der Waals surface area contributed by atoms with Gasteiger partial charge in [0.25, 0.3) is 0 Å². The molecule has 1 saturated carbocycles. The van der Waals surface area contributed by atoms with Gasteiger partial charge in [-0.3, -0.25) is 0 Å². The van der Waals surface area contributed by atoms with Crippen LogP contribution in [0.5, 0.6) is 5.75 Å². The zero-order valence-corrected chi connectivity index (χ0v) is 14.4. The summed E-state index contributed by atoms with van der Waals surface area (Å²) in [6.45, 7) is 0.241. The average Bonchev–Trinajstić information content (AvgIpc) is 2.61. The number of nitrogens with one attached hydrogen (secondary N) is 2. The predicted octanol–water partition coefficient (Wildman–Crippen LogP) is 2.85. The molecule has 2 amide bonds. The Morgan fingerprint density at radius 3 is 2.83 bits per heavy atom. The lowest BCUT2D eigenvalue weighted by atomic mass is 9.79. The van der Waals surface area contributed by atoms with Gasteiger partial charge in [-0.25, -0.2) is 4.79 Å². The fourth-order valence-corrected chi connectivity index (χ4v) is 3.96. The molecule has 0 aliphatic heterocycles. The molecule has 5 heteroatoms. The topological polar surface area (TPSA) is 70.6 Å². The number of hydrogen-bond donors (Lipinski definition) is 3. The molecular weight excluding hydrogens is 304 g/mol. The Bertz CT molecular complexity index is 584. The van der Waals surface area contributed by atoms with E-state index in [9.17, 15) is 9.90 Å². The van der Waals surface area contributed by atoms with E-state index in [0.717, 1.165) is 42.6 Å². The molecule has 0 heterocycles. The van der Waals surface area contributed by atoms with Gasteiger partial charge in [0.1, 0.15) is 11.4 Å². The summed E-state index contributed by atoms with van der Waals surface area (Å²) in [6, 6.07) is 5.89. The van der Waals surface area contributed by atoms with E-state index in [1.807, 2.05) is 18.2 Å². The SMILES string of the molecule is COc1ccc2c(c1)CCCC2(O)CNC(=O)NC1CCCCC1. The van der Waals surface area contributed by atoms with E-state index in [1.165, 1.54) is 19.3 Å². The summed E-state index contributed by atoms with van der Waals surface area (Å²) in [6.07, 6.45) is 8.25. The Morgan fingerprint density at radius 2 is 2.08 bits per heavy atom. The third kappa shape index (κ3) is 3.83. The minimum absolute atomic E-state index is 0.170. The lowest BCUT2D eigenvalue weighted by molar-refractivity contribution is 0.0215. The van der Waals surface area contributed by atoms with Crippen LogP contribution >= 0.6 is 0 Å². The lowest BCUT2D eigenvalue weighted by Gasteiger charge is -2.35. The van der Waals surface area contributed by atoms with E-state index in [1.54, 1.807) is 7.11 Å². The van der Waals surface area contributed by atoms with Gasteiger partial charge in [-0.05, 0) is 55.4 Å². The Kier molecular flexibility index (Phi) is 5.29. The lowest BCUT2D eigenvalue weighted by Crippen LogP contribution is -2.48. The summed E-state index contributed by atoms with van der Waals surface area (Å²) >= 11 is 0. The van der Waals surface area contributed by atoms with Gasteiger partial charge in [0.05, 0.1) is 13.7 Å². The number of fused-ring (bicyclic) bond motifs is 1. The Morgan fingerprint density at radius 1 is 1.29 bits per heavy atom. The first kappa shape index (κ1) is 17.1. The van der Waals surface area contributed by atoms with Gasteiger partial charge in [-0.15, -0.1) is 0 Å². The Balaban J connectivity index is 1.61. The van der Waals surface area contributed by atoms with Crippen LogP contribution in [-0.2, 0) is 12.0 Å². The molecule has 1 fully saturated rings. The molecule has 0 spiro atoms. The molecule has 1 unspecified atom stereocenters. The number of urea groups is 1. The van der Waals surface area contributed by atoms with Crippen molar-refractivity contribution in [1.82, 2.24) is 10.6 Å². The number of methoxy groups -OCH3 is 1. The number of hydrogen-bond acceptors (Lipinski definition) is 3. The normalized spacial score (nSPS) is 24.1. The highest BCUT2D eigenvalue weighted by Gasteiger charge is 2.35. The molecule has 1 aromatic carbocycles. The van der Waals surface area contributed by atoms with Gasteiger partial charge in [0.15, 0.2) is 0 Å². The van der Waals surface area contributed by atoms with E-state index in [4.69, 9.17) is 4.74 Å². The Labute approximate surface area is 143 Å². The number of carbonyl (C=O) groups excluding carboxylic acids is 1. The molecule has 0 aromatic heterocycles. The maximum atomic E-state index is 12.2. The largest absolute Gasteiger partial charge is 0.497 e. The highest BCUT2D eigenvalue weighted by molar-refractivity contribution is 5.74. The first-order valence-corrected chi connectivity index (χ1v) is 9.05. The predicted molar refractivity (Wildman–Crippen MR) is 93.2 cm³/mol. The average molecular weight is 332 g/mol. The second kappa shape index (κ2) is 7.43. The van der Waals surface area contributed by atoms with Gasteiger partial charge < -0.3 is 20.5 Å². The molecule has 0 saturated heterocycles. The zero-order valence-electron chi connectivity index (χ0n) is 14.4. The van der Waals surface area contributed by atoms with Gasteiger partial charge in [-0.1, -0.05) is 25.3 Å². The second-order valence-corrected chi connectivity index (χ2v) is 7.07. The first-order valence-electron chi connectivity index (χ1n) is 9.05. The van der Waals surface area contributed by atoms with Gasteiger partial charge in [0, 0.05) is 6.04 Å². The molecule has 132 valence electrons. The van der Waals surface area contributed by atoms with Crippen molar-refractivity contribution >= 4 is 6.03 Å². The number of ether oxygens (including phenoxy) is 1. The van der Waals surface area contributed by atoms with E-state index in [-0.39, 0.29) is 18.6 Å². The zero-order chi connectivity index (χ0) is 17.0. The molecule has 5 nitrogen and oxygen atoms in total. The number of rotatable bonds is 4. The highest BCUT2D eigenvalue weighted by Crippen LogP contribution is 2.36. The standard InChI is InChI=1S/C19H28N2O3/c1-24-16-9-10-17-14(12-16)6-5-11-19(17,23)13-20-18(22)21-15-7-3-2-4-8-15/h9-10,12,15,23H,2-8,11,13H2,1H3,(H2,20,21,22). The van der Waals surface area contributed by atoms with Crippen molar-refractivity contribution in [2.45, 2.75) is 63.0 Å². The molecule has 24 heavy (non-hydrogen) atoms. The van der Waals surface area contributed by atoms with E-state index in [2.05, 4.69) is 10.6 Å². The molecule has 0 radical (unpaired) electrons. The van der Waals surface area contributed by atoms with Gasteiger partial charge in [-0.2, -0.15) is 0 Å². The van der Waals surface area contributed by atoms with E-state index >= 15 is 0 Å². The quantitative estimate of drug-likeness (QED) is 0.794. The summed E-state index contributed by atoms with van der Waals surface area (Å²) in [7, 11) is 1.65. The van der Waals surface area contributed by atoms with Crippen molar-refractivity contribution in [3.05, 3.63) is 29.3 Å². The summed E-state index contributed by atoms with van der Waals surface area (Å²) < 4.78 is 5.27. The number of aliphatic hydroxyl groups is 1. The van der Waals surface area contributed by atoms with Crippen LogP contribution in [0, 0.1) is 0 Å². The summed E-state index contributed by atoms with van der Waals surface area (Å²) in [5.41, 5.74) is 1.02. The summed E-state index contributed by atoms with van der Waals surface area (Å²) in [5.74, 6) is 0.806. The first-order chi connectivity index (χ1) is 11.6. The smallest absolute Gasteiger partial charge is 0.315 e. The van der Waals surface area contributed by atoms with Crippen LogP contribution in [0.2, 0.25) is 0 Å². The Hall–Kier alpha value is -1.75. The number of amides is 2. The van der Waals surface area contributed by atoms with Crippen LogP contribution < -0.4 is 15.4 Å². The summed E-state index contributed by atoms with van der Waals surface area (Å²) in [4.78, 5) is 12.2. The minimum Gasteiger partial charge on any atom is -0.497 e. The van der Waals surface area contributed by atoms with Crippen LogP contribution in [0.3, 0.4) is 0 Å². The minimum atomic E-state index is -0.996. The molecule has 1 atom stereocenters.